The Labute approximate surface area is 148 Å². The number of anilines is 1. The van der Waals surface area contributed by atoms with Gasteiger partial charge in [-0.3, -0.25) is 4.79 Å². The van der Waals surface area contributed by atoms with E-state index in [1.807, 2.05) is 17.9 Å². The van der Waals surface area contributed by atoms with Gasteiger partial charge in [0.1, 0.15) is 29.7 Å². The predicted octanol–water partition coefficient (Wildman–Crippen LogP) is 3.16. The van der Waals surface area contributed by atoms with Crippen LogP contribution in [-0.2, 0) is 4.79 Å². The maximum Gasteiger partial charge on any atom is 0.262 e. The summed E-state index contributed by atoms with van der Waals surface area (Å²) in [5, 5.41) is 4.15. The van der Waals surface area contributed by atoms with E-state index >= 15 is 0 Å². The highest BCUT2D eigenvalue weighted by Gasteiger charge is 2.38. The van der Waals surface area contributed by atoms with Crippen molar-refractivity contribution in [2.24, 2.45) is 5.10 Å². The molecule has 6 heteroatoms. The summed E-state index contributed by atoms with van der Waals surface area (Å²) in [4.78, 5) is 14.0. The van der Waals surface area contributed by atoms with Gasteiger partial charge in [0.15, 0.2) is 5.84 Å². The summed E-state index contributed by atoms with van der Waals surface area (Å²) < 4.78 is 12.3. The Bertz CT molecular complexity index is 753. The third-order valence-electron chi connectivity index (χ3n) is 5.44. The fraction of sp³-hybridized carbons (Fsp3) is 0.579. The quantitative estimate of drug-likeness (QED) is 0.916. The Balaban J connectivity index is 1.79. The van der Waals surface area contributed by atoms with Crippen molar-refractivity contribution >= 4 is 17.4 Å². The summed E-state index contributed by atoms with van der Waals surface area (Å²) in [6.45, 7) is 8.71. The average Bonchev–Trinajstić information content (AvgIpc) is 2.55. The lowest BCUT2D eigenvalue weighted by molar-refractivity contribution is -0.122. The highest BCUT2D eigenvalue weighted by molar-refractivity contribution is 6.09. The third-order valence-corrected chi connectivity index (χ3v) is 5.44. The number of hydrazone groups is 1. The monoisotopic (exact) mass is 343 g/mol. The number of nitrogens with zero attached hydrogens (tertiary/aromatic N) is 2. The molecular weight excluding hydrogens is 318 g/mol. The number of nitrogens with one attached hydrogen (secondary N) is 1. The van der Waals surface area contributed by atoms with E-state index in [0.717, 1.165) is 41.4 Å². The van der Waals surface area contributed by atoms with E-state index in [1.54, 1.807) is 0 Å². The molecule has 3 aliphatic rings. The summed E-state index contributed by atoms with van der Waals surface area (Å²) in [6.07, 6.45) is 3.36. The largest absolute Gasteiger partial charge is 0.487 e. The SMILES string of the molecule is CC(C)c1cc2c(cc1OC1(C)CCC1)N1C(=NNC(=O)[C@H]1C)CO2. The molecule has 0 aromatic heterocycles. The maximum atomic E-state index is 12.1. The lowest BCUT2D eigenvalue weighted by atomic mass is 9.81. The van der Waals surface area contributed by atoms with Crippen molar-refractivity contribution in [3.63, 3.8) is 0 Å². The van der Waals surface area contributed by atoms with Crippen molar-refractivity contribution in [1.29, 1.82) is 0 Å². The highest BCUT2D eigenvalue weighted by Crippen LogP contribution is 2.45. The average molecular weight is 343 g/mol. The van der Waals surface area contributed by atoms with Crippen LogP contribution in [0.15, 0.2) is 17.2 Å². The van der Waals surface area contributed by atoms with Crippen molar-refractivity contribution < 1.29 is 14.3 Å². The molecule has 1 atom stereocenters. The normalized spacial score (nSPS) is 23.7. The Morgan fingerprint density at radius 1 is 1.40 bits per heavy atom. The number of fused-ring (bicyclic) bond motifs is 3. The van der Waals surface area contributed by atoms with Gasteiger partial charge in [-0.25, -0.2) is 5.43 Å². The Morgan fingerprint density at radius 3 is 2.80 bits per heavy atom. The van der Waals surface area contributed by atoms with Crippen LogP contribution in [0.3, 0.4) is 0 Å². The van der Waals surface area contributed by atoms with Gasteiger partial charge in [0.2, 0.25) is 0 Å². The molecule has 0 saturated heterocycles. The summed E-state index contributed by atoms with van der Waals surface area (Å²) in [5.74, 6) is 2.61. The number of benzene rings is 1. The van der Waals surface area contributed by atoms with Crippen LogP contribution in [0.1, 0.15) is 58.4 Å². The Morgan fingerprint density at radius 2 is 2.16 bits per heavy atom. The van der Waals surface area contributed by atoms with Crippen molar-refractivity contribution in [3.8, 4) is 11.5 Å². The number of carbonyl (C=O) groups excluding carboxylic acids is 1. The van der Waals surface area contributed by atoms with E-state index in [1.165, 1.54) is 6.42 Å². The van der Waals surface area contributed by atoms with E-state index in [0.29, 0.717) is 12.5 Å². The predicted molar refractivity (Wildman–Crippen MR) is 96.4 cm³/mol. The minimum absolute atomic E-state index is 0.0881. The number of carbonyl (C=O) groups is 1. The molecule has 1 aromatic carbocycles. The van der Waals surface area contributed by atoms with E-state index in [4.69, 9.17) is 9.47 Å². The molecule has 2 aliphatic heterocycles. The molecule has 1 aromatic rings. The van der Waals surface area contributed by atoms with E-state index < -0.39 is 0 Å². The van der Waals surface area contributed by atoms with Crippen LogP contribution in [-0.4, -0.2) is 30.0 Å². The summed E-state index contributed by atoms with van der Waals surface area (Å²) >= 11 is 0. The van der Waals surface area contributed by atoms with Gasteiger partial charge >= 0.3 is 0 Å². The first-order chi connectivity index (χ1) is 11.9. The van der Waals surface area contributed by atoms with Crippen molar-refractivity contribution in [1.82, 2.24) is 5.43 Å². The molecule has 1 saturated carbocycles. The molecule has 25 heavy (non-hydrogen) atoms. The zero-order valence-corrected chi connectivity index (χ0v) is 15.3. The van der Waals surface area contributed by atoms with Crippen LogP contribution in [0, 0.1) is 0 Å². The lowest BCUT2D eigenvalue weighted by Crippen LogP contribution is -2.55. The molecule has 0 unspecified atom stereocenters. The fourth-order valence-corrected chi connectivity index (χ4v) is 3.65. The Kier molecular flexibility index (Phi) is 3.67. The van der Waals surface area contributed by atoms with Gasteiger partial charge in [0.25, 0.3) is 5.91 Å². The second-order valence-electron chi connectivity index (χ2n) is 7.76. The van der Waals surface area contributed by atoms with Crippen molar-refractivity contribution in [2.45, 2.75) is 64.5 Å². The molecule has 6 nitrogen and oxygen atoms in total. The van der Waals surface area contributed by atoms with Gasteiger partial charge in [0.05, 0.1) is 5.69 Å². The van der Waals surface area contributed by atoms with Gasteiger partial charge in [-0.15, -0.1) is 0 Å². The third kappa shape index (κ3) is 2.64. The van der Waals surface area contributed by atoms with E-state index in [2.05, 4.69) is 37.4 Å². The first kappa shape index (κ1) is 16.2. The zero-order valence-electron chi connectivity index (χ0n) is 15.3. The van der Waals surface area contributed by atoms with E-state index in [9.17, 15) is 4.79 Å². The van der Waals surface area contributed by atoms with Gasteiger partial charge in [0, 0.05) is 11.6 Å². The molecule has 0 spiro atoms. The second kappa shape index (κ2) is 5.64. The first-order valence-corrected chi connectivity index (χ1v) is 9.03. The molecular formula is C19H25N3O3. The Hall–Kier alpha value is -2.24. The van der Waals surface area contributed by atoms with Crippen LogP contribution in [0.4, 0.5) is 5.69 Å². The van der Waals surface area contributed by atoms with Crippen LogP contribution in [0.5, 0.6) is 11.5 Å². The van der Waals surface area contributed by atoms with Gasteiger partial charge in [-0.2, -0.15) is 5.10 Å². The summed E-state index contributed by atoms with van der Waals surface area (Å²) in [6, 6.07) is 3.76. The zero-order chi connectivity index (χ0) is 17.8. The molecule has 134 valence electrons. The highest BCUT2D eigenvalue weighted by atomic mass is 16.5. The topological polar surface area (TPSA) is 63.2 Å². The molecule has 0 bridgehead atoms. The smallest absolute Gasteiger partial charge is 0.262 e. The molecule has 1 amide bonds. The number of ether oxygens (including phenoxy) is 2. The number of hydrogen-bond donors (Lipinski definition) is 1. The number of rotatable bonds is 3. The number of hydrogen-bond acceptors (Lipinski definition) is 5. The molecule has 1 aliphatic carbocycles. The molecule has 1 fully saturated rings. The second-order valence-corrected chi connectivity index (χ2v) is 7.76. The van der Waals surface area contributed by atoms with Crippen LogP contribution in [0.25, 0.3) is 0 Å². The fourth-order valence-electron chi connectivity index (χ4n) is 3.65. The minimum Gasteiger partial charge on any atom is -0.487 e. The van der Waals surface area contributed by atoms with Crippen LogP contribution >= 0.6 is 0 Å². The standard InChI is InChI=1S/C19H25N3O3/c1-11(2)13-8-16-14(9-15(13)25-19(4)6-5-7-19)22-12(3)18(23)21-20-17(22)10-24-16/h8-9,11-12H,5-7,10H2,1-4H3,(H,21,23)/t12-/m1/s1. The first-order valence-electron chi connectivity index (χ1n) is 9.03. The number of amides is 1. The molecule has 2 heterocycles. The van der Waals surface area contributed by atoms with Crippen LogP contribution in [0.2, 0.25) is 0 Å². The summed E-state index contributed by atoms with van der Waals surface area (Å²) in [5.41, 5.74) is 4.47. The molecule has 0 radical (unpaired) electrons. The van der Waals surface area contributed by atoms with E-state index in [-0.39, 0.29) is 17.6 Å². The maximum absolute atomic E-state index is 12.1. The van der Waals surface area contributed by atoms with Crippen molar-refractivity contribution in [3.05, 3.63) is 17.7 Å². The van der Waals surface area contributed by atoms with Gasteiger partial charge in [-0.05, 0) is 45.1 Å². The number of amidine groups is 1. The lowest BCUT2D eigenvalue weighted by Gasteiger charge is -2.41. The molecule has 1 N–H and O–H groups in total. The van der Waals surface area contributed by atoms with Gasteiger partial charge < -0.3 is 14.4 Å². The minimum atomic E-state index is -0.327. The van der Waals surface area contributed by atoms with Crippen LogP contribution < -0.4 is 19.8 Å². The van der Waals surface area contributed by atoms with Gasteiger partial charge in [-0.1, -0.05) is 13.8 Å². The van der Waals surface area contributed by atoms with Crippen molar-refractivity contribution in [2.75, 3.05) is 11.5 Å². The summed E-state index contributed by atoms with van der Waals surface area (Å²) in [7, 11) is 0. The molecule has 4 rings (SSSR count).